The van der Waals surface area contributed by atoms with Gasteiger partial charge in [0.15, 0.2) is 0 Å². The topological polar surface area (TPSA) is 61.6 Å². The SMILES string of the molecule is CN1CC2(CCN(C3CCNCC3N)CC2)CC1=O. The molecule has 3 aliphatic rings. The molecule has 0 saturated carbocycles. The second-order valence-electron chi connectivity index (χ2n) is 6.69. The molecule has 3 rings (SSSR count). The molecule has 3 saturated heterocycles. The third-order valence-corrected chi connectivity index (χ3v) is 5.34. The van der Waals surface area contributed by atoms with E-state index < -0.39 is 0 Å². The van der Waals surface area contributed by atoms with Gasteiger partial charge in [-0.25, -0.2) is 0 Å². The molecule has 2 atom stereocenters. The van der Waals surface area contributed by atoms with E-state index in [9.17, 15) is 4.79 Å². The van der Waals surface area contributed by atoms with E-state index in [0.717, 1.165) is 58.4 Å². The van der Waals surface area contributed by atoms with Gasteiger partial charge in [-0.05, 0) is 44.3 Å². The highest BCUT2D eigenvalue weighted by Crippen LogP contribution is 2.41. The summed E-state index contributed by atoms with van der Waals surface area (Å²) in [6, 6.07) is 0.795. The molecule has 0 bridgehead atoms. The molecule has 3 fully saturated rings. The third-order valence-electron chi connectivity index (χ3n) is 5.34. The summed E-state index contributed by atoms with van der Waals surface area (Å²) in [7, 11) is 1.94. The van der Waals surface area contributed by atoms with Gasteiger partial charge in [-0.15, -0.1) is 0 Å². The lowest BCUT2D eigenvalue weighted by Crippen LogP contribution is -2.59. The highest BCUT2D eigenvalue weighted by Gasteiger charge is 2.44. The minimum atomic E-state index is 0.260. The third kappa shape index (κ3) is 2.51. The van der Waals surface area contributed by atoms with Crippen molar-refractivity contribution in [3.05, 3.63) is 0 Å². The van der Waals surface area contributed by atoms with Crippen LogP contribution in [0, 0.1) is 5.41 Å². The first kappa shape index (κ1) is 13.3. The molecule has 0 aromatic heterocycles. The van der Waals surface area contributed by atoms with Crippen molar-refractivity contribution in [2.24, 2.45) is 11.1 Å². The summed E-state index contributed by atoms with van der Waals surface area (Å²) in [6.07, 6.45) is 4.22. The molecule has 3 aliphatic heterocycles. The highest BCUT2D eigenvalue weighted by atomic mass is 16.2. The molecule has 2 unspecified atom stereocenters. The first-order valence-electron chi connectivity index (χ1n) is 7.54. The Bertz CT molecular complexity index is 351. The Morgan fingerprint density at radius 3 is 2.68 bits per heavy atom. The number of hydrogen-bond donors (Lipinski definition) is 2. The van der Waals surface area contributed by atoms with Gasteiger partial charge < -0.3 is 16.0 Å². The molecule has 0 radical (unpaired) electrons. The molecule has 5 nitrogen and oxygen atoms in total. The normalized spacial score (nSPS) is 36.1. The Kier molecular flexibility index (Phi) is 3.53. The van der Waals surface area contributed by atoms with Crippen LogP contribution in [0.3, 0.4) is 0 Å². The Balaban J connectivity index is 1.59. The molecular weight excluding hydrogens is 240 g/mol. The van der Waals surface area contributed by atoms with Crippen molar-refractivity contribution in [2.45, 2.75) is 37.8 Å². The summed E-state index contributed by atoms with van der Waals surface area (Å²) in [5, 5.41) is 3.36. The number of hydrogen-bond acceptors (Lipinski definition) is 4. The molecule has 0 aromatic rings. The minimum Gasteiger partial charge on any atom is -0.345 e. The van der Waals surface area contributed by atoms with Crippen LogP contribution in [0.4, 0.5) is 0 Å². The Morgan fingerprint density at radius 2 is 2.11 bits per heavy atom. The monoisotopic (exact) mass is 266 g/mol. The highest BCUT2D eigenvalue weighted by molar-refractivity contribution is 5.79. The Labute approximate surface area is 115 Å². The lowest BCUT2D eigenvalue weighted by atomic mass is 9.77. The molecule has 0 aliphatic carbocycles. The van der Waals surface area contributed by atoms with Crippen molar-refractivity contribution in [1.82, 2.24) is 15.1 Å². The van der Waals surface area contributed by atoms with E-state index in [4.69, 9.17) is 5.73 Å². The van der Waals surface area contributed by atoms with Gasteiger partial charge in [0.2, 0.25) is 5.91 Å². The van der Waals surface area contributed by atoms with Gasteiger partial charge in [-0.1, -0.05) is 0 Å². The maximum atomic E-state index is 11.8. The van der Waals surface area contributed by atoms with Crippen molar-refractivity contribution >= 4 is 5.91 Å². The summed E-state index contributed by atoms with van der Waals surface area (Å²) in [5.74, 6) is 0.326. The average Bonchev–Trinajstić information content (AvgIpc) is 2.67. The first-order chi connectivity index (χ1) is 9.10. The molecule has 1 amide bonds. The van der Waals surface area contributed by atoms with Gasteiger partial charge in [-0.2, -0.15) is 0 Å². The van der Waals surface area contributed by atoms with Crippen molar-refractivity contribution in [3.8, 4) is 0 Å². The van der Waals surface area contributed by atoms with Crippen molar-refractivity contribution in [3.63, 3.8) is 0 Å². The molecule has 108 valence electrons. The number of carbonyl (C=O) groups is 1. The standard InChI is InChI=1S/C14H26N4O/c1-17-10-14(8-13(17)19)3-6-18(7-4-14)12-2-5-16-9-11(12)15/h11-12,16H,2-10,15H2,1H3. The van der Waals surface area contributed by atoms with Crippen LogP contribution in [0.5, 0.6) is 0 Å². The lowest BCUT2D eigenvalue weighted by Gasteiger charge is -2.45. The quantitative estimate of drug-likeness (QED) is 0.679. The minimum absolute atomic E-state index is 0.260. The molecule has 3 heterocycles. The van der Waals surface area contributed by atoms with Crippen LogP contribution < -0.4 is 11.1 Å². The predicted molar refractivity (Wildman–Crippen MR) is 74.7 cm³/mol. The fourth-order valence-electron chi connectivity index (χ4n) is 4.09. The number of nitrogens with zero attached hydrogens (tertiary/aromatic N) is 2. The van der Waals surface area contributed by atoms with Gasteiger partial charge in [0, 0.05) is 38.6 Å². The first-order valence-corrected chi connectivity index (χ1v) is 7.54. The summed E-state index contributed by atoms with van der Waals surface area (Å²) in [5.41, 5.74) is 6.50. The summed E-state index contributed by atoms with van der Waals surface area (Å²) in [4.78, 5) is 16.2. The van der Waals surface area contributed by atoms with E-state index in [1.54, 1.807) is 0 Å². The number of nitrogens with one attached hydrogen (secondary N) is 1. The number of likely N-dealkylation sites (tertiary alicyclic amines) is 2. The van der Waals surface area contributed by atoms with E-state index in [-0.39, 0.29) is 11.5 Å². The number of carbonyl (C=O) groups excluding carboxylic acids is 1. The molecule has 3 N–H and O–H groups in total. The molecule has 5 heteroatoms. The summed E-state index contributed by atoms with van der Waals surface area (Å²) >= 11 is 0. The van der Waals surface area contributed by atoms with Crippen LogP contribution in [0.2, 0.25) is 0 Å². The fourth-order valence-corrected chi connectivity index (χ4v) is 4.09. The fraction of sp³-hybridized carbons (Fsp3) is 0.929. The Morgan fingerprint density at radius 1 is 1.37 bits per heavy atom. The van der Waals surface area contributed by atoms with Crippen molar-refractivity contribution in [2.75, 3.05) is 39.8 Å². The zero-order chi connectivity index (χ0) is 13.5. The van der Waals surface area contributed by atoms with Gasteiger partial charge >= 0.3 is 0 Å². The Hall–Kier alpha value is -0.650. The summed E-state index contributed by atoms with van der Waals surface area (Å²) in [6.45, 7) is 5.20. The predicted octanol–water partition coefficient (Wildman–Crippen LogP) is -0.380. The van der Waals surface area contributed by atoms with Gasteiger partial charge in [0.1, 0.15) is 0 Å². The van der Waals surface area contributed by atoms with Gasteiger partial charge in [-0.3, -0.25) is 9.69 Å². The van der Waals surface area contributed by atoms with Gasteiger partial charge in [0.25, 0.3) is 0 Å². The van der Waals surface area contributed by atoms with E-state index in [1.165, 1.54) is 0 Å². The van der Waals surface area contributed by atoms with E-state index in [0.29, 0.717) is 11.9 Å². The number of amides is 1. The molecular formula is C14H26N4O. The van der Waals surface area contributed by atoms with Crippen LogP contribution in [-0.4, -0.2) is 67.6 Å². The average molecular weight is 266 g/mol. The van der Waals surface area contributed by atoms with Crippen LogP contribution in [0.1, 0.15) is 25.7 Å². The van der Waals surface area contributed by atoms with Crippen LogP contribution in [0.15, 0.2) is 0 Å². The maximum absolute atomic E-state index is 11.8. The number of piperidine rings is 2. The van der Waals surface area contributed by atoms with Crippen LogP contribution >= 0.6 is 0 Å². The lowest BCUT2D eigenvalue weighted by molar-refractivity contribution is -0.126. The molecule has 1 spiro atoms. The van der Waals surface area contributed by atoms with Crippen molar-refractivity contribution < 1.29 is 4.79 Å². The molecule has 19 heavy (non-hydrogen) atoms. The zero-order valence-electron chi connectivity index (χ0n) is 11.9. The largest absolute Gasteiger partial charge is 0.345 e. The number of rotatable bonds is 1. The van der Waals surface area contributed by atoms with E-state index in [2.05, 4.69) is 10.2 Å². The van der Waals surface area contributed by atoms with Crippen LogP contribution in [-0.2, 0) is 4.79 Å². The van der Waals surface area contributed by atoms with E-state index in [1.807, 2.05) is 11.9 Å². The smallest absolute Gasteiger partial charge is 0.222 e. The van der Waals surface area contributed by atoms with Crippen molar-refractivity contribution in [1.29, 1.82) is 0 Å². The van der Waals surface area contributed by atoms with E-state index >= 15 is 0 Å². The molecule has 0 aromatic carbocycles. The van der Waals surface area contributed by atoms with Gasteiger partial charge in [0.05, 0.1) is 0 Å². The maximum Gasteiger partial charge on any atom is 0.222 e. The second-order valence-corrected chi connectivity index (χ2v) is 6.69. The number of nitrogens with two attached hydrogens (primary N) is 1. The zero-order valence-corrected chi connectivity index (χ0v) is 11.9. The van der Waals surface area contributed by atoms with Crippen LogP contribution in [0.25, 0.3) is 0 Å². The summed E-state index contributed by atoms with van der Waals surface area (Å²) < 4.78 is 0. The second kappa shape index (κ2) is 5.04.